The Labute approximate surface area is 118 Å². The number of hydrogen-bond donors (Lipinski definition) is 1. The Kier molecular flexibility index (Phi) is 5.03. The van der Waals surface area contributed by atoms with E-state index in [1.54, 1.807) is 6.07 Å². The van der Waals surface area contributed by atoms with Gasteiger partial charge in [0.1, 0.15) is 5.82 Å². The van der Waals surface area contributed by atoms with Crippen molar-refractivity contribution >= 4 is 5.97 Å². The van der Waals surface area contributed by atoms with E-state index in [-0.39, 0.29) is 18.4 Å². The Bertz CT molecular complexity index is 444. The predicted molar refractivity (Wildman–Crippen MR) is 72.9 cm³/mol. The van der Waals surface area contributed by atoms with Crippen molar-refractivity contribution in [1.82, 2.24) is 14.8 Å². The zero-order valence-corrected chi connectivity index (χ0v) is 11.6. The molecule has 1 saturated heterocycles. The number of carboxylic acid groups (broad SMARTS) is 1. The Morgan fingerprint density at radius 3 is 2.60 bits per heavy atom. The number of hydrogen-bond acceptors (Lipinski definition) is 4. The number of carboxylic acids is 1. The highest BCUT2D eigenvalue weighted by molar-refractivity contribution is 5.69. The number of piperazine rings is 1. The first-order valence-corrected chi connectivity index (χ1v) is 6.89. The number of halogens is 1. The number of nitrogens with zero attached hydrogens (tertiary/aromatic N) is 3. The van der Waals surface area contributed by atoms with Gasteiger partial charge in [-0.2, -0.15) is 0 Å². The zero-order valence-electron chi connectivity index (χ0n) is 11.6. The topological polar surface area (TPSA) is 56.7 Å². The molecule has 5 nitrogen and oxygen atoms in total. The van der Waals surface area contributed by atoms with Gasteiger partial charge >= 0.3 is 5.97 Å². The minimum atomic E-state index is -0.786. The summed E-state index contributed by atoms with van der Waals surface area (Å²) in [4.78, 5) is 19.1. The van der Waals surface area contributed by atoms with Crippen molar-refractivity contribution in [3.8, 4) is 0 Å². The Morgan fingerprint density at radius 1 is 1.40 bits per heavy atom. The van der Waals surface area contributed by atoms with Crippen LogP contribution in [0, 0.1) is 5.82 Å². The van der Waals surface area contributed by atoms with Crippen LogP contribution in [0.4, 0.5) is 4.39 Å². The highest BCUT2D eigenvalue weighted by atomic mass is 19.1. The Balaban J connectivity index is 1.96. The summed E-state index contributed by atoms with van der Waals surface area (Å²) in [6.45, 7) is 5.28. The maximum Gasteiger partial charge on any atom is 0.317 e. The molecule has 20 heavy (non-hydrogen) atoms. The predicted octanol–water partition coefficient (Wildman–Crippen LogP) is 1.37. The molecular formula is C14H20FN3O2. The van der Waals surface area contributed by atoms with Crippen LogP contribution in [0.15, 0.2) is 18.3 Å². The monoisotopic (exact) mass is 281 g/mol. The molecule has 1 fully saturated rings. The van der Waals surface area contributed by atoms with E-state index in [1.165, 1.54) is 12.3 Å². The molecule has 1 aromatic heterocycles. The summed E-state index contributed by atoms with van der Waals surface area (Å²) in [5.41, 5.74) is 0.876. The van der Waals surface area contributed by atoms with Crippen LogP contribution in [0.3, 0.4) is 0 Å². The third-order valence-corrected chi connectivity index (χ3v) is 3.68. The van der Waals surface area contributed by atoms with E-state index in [0.29, 0.717) is 0 Å². The minimum Gasteiger partial charge on any atom is -0.480 e. The fourth-order valence-electron chi connectivity index (χ4n) is 2.66. The third kappa shape index (κ3) is 3.74. The van der Waals surface area contributed by atoms with E-state index in [9.17, 15) is 9.18 Å². The van der Waals surface area contributed by atoms with Crippen molar-refractivity contribution in [2.45, 2.75) is 19.4 Å². The van der Waals surface area contributed by atoms with Gasteiger partial charge in [-0.15, -0.1) is 0 Å². The van der Waals surface area contributed by atoms with Crippen LogP contribution >= 0.6 is 0 Å². The van der Waals surface area contributed by atoms with Gasteiger partial charge in [0, 0.05) is 26.2 Å². The van der Waals surface area contributed by atoms with Crippen molar-refractivity contribution in [1.29, 1.82) is 0 Å². The normalized spacial score (nSPS) is 18.9. The standard InChI is InChI=1S/C14H20FN3O2/c1-2-13(12-4-3-11(15)9-16-12)18-7-5-17(6-8-18)10-14(19)20/h3-4,9,13H,2,5-8,10H2,1H3,(H,19,20). The molecule has 1 aliphatic rings. The first kappa shape index (κ1) is 14.9. The van der Waals surface area contributed by atoms with E-state index in [4.69, 9.17) is 5.11 Å². The van der Waals surface area contributed by atoms with Crippen LogP contribution in [0.1, 0.15) is 25.1 Å². The molecule has 6 heteroatoms. The van der Waals surface area contributed by atoms with Crippen LogP contribution in [-0.2, 0) is 4.79 Å². The highest BCUT2D eigenvalue weighted by Crippen LogP contribution is 2.23. The first-order valence-electron chi connectivity index (χ1n) is 6.89. The second kappa shape index (κ2) is 6.76. The van der Waals surface area contributed by atoms with Gasteiger partial charge in [-0.05, 0) is 18.6 Å². The lowest BCUT2D eigenvalue weighted by Crippen LogP contribution is -2.49. The molecule has 0 amide bonds. The van der Waals surface area contributed by atoms with Crippen LogP contribution in [0.25, 0.3) is 0 Å². The fourth-order valence-corrected chi connectivity index (χ4v) is 2.66. The second-order valence-electron chi connectivity index (χ2n) is 5.03. The summed E-state index contributed by atoms with van der Waals surface area (Å²) in [5.74, 6) is -1.11. The molecule has 2 rings (SSSR count). The number of aliphatic carboxylic acids is 1. The van der Waals surface area contributed by atoms with Gasteiger partial charge in [-0.25, -0.2) is 4.39 Å². The number of carbonyl (C=O) groups is 1. The summed E-state index contributed by atoms with van der Waals surface area (Å²) in [6, 6.07) is 3.33. The molecule has 0 spiro atoms. The largest absolute Gasteiger partial charge is 0.480 e. The summed E-state index contributed by atoms with van der Waals surface area (Å²) >= 11 is 0. The minimum absolute atomic E-state index is 0.0967. The van der Waals surface area contributed by atoms with Gasteiger partial charge in [-0.3, -0.25) is 19.6 Å². The van der Waals surface area contributed by atoms with Gasteiger partial charge in [0.2, 0.25) is 0 Å². The SMILES string of the molecule is CCC(c1ccc(F)cn1)N1CCN(CC(=O)O)CC1. The van der Waals surface area contributed by atoms with Gasteiger partial charge < -0.3 is 5.11 Å². The van der Waals surface area contributed by atoms with Gasteiger partial charge in [0.05, 0.1) is 24.5 Å². The van der Waals surface area contributed by atoms with E-state index in [0.717, 1.165) is 38.3 Å². The summed E-state index contributed by atoms with van der Waals surface area (Å²) in [5, 5.41) is 8.79. The summed E-state index contributed by atoms with van der Waals surface area (Å²) in [6.07, 6.45) is 2.15. The molecule has 0 radical (unpaired) electrons. The molecule has 1 aromatic rings. The third-order valence-electron chi connectivity index (χ3n) is 3.68. The second-order valence-corrected chi connectivity index (χ2v) is 5.03. The number of rotatable bonds is 5. The van der Waals surface area contributed by atoms with E-state index >= 15 is 0 Å². The molecule has 0 aliphatic carbocycles. The molecule has 2 heterocycles. The molecule has 1 N–H and O–H groups in total. The fraction of sp³-hybridized carbons (Fsp3) is 0.571. The average molecular weight is 281 g/mol. The van der Waals surface area contributed by atoms with Crippen LogP contribution in [-0.4, -0.2) is 58.6 Å². The smallest absolute Gasteiger partial charge is 0.317 e. The lowest BCUT2D eigenvalue weighted by molar-refractivity contribution is -0.138. The molecule has 0 saturated carbocycles. The molecule has 1 aliphatic heterocycles. The molecule has 0 bridgehead atoms. The molecular weight excluding hydrogens is 261 g/mol. The Morgan fingerprint density at radius 2 is 2.10 bits per heavy atom. The average Bonchev–Trinajstić information content (AvgIpc) is 2.43. The Hall–Kier alpha value is -1.53. The van der Waals surface area contributed by atoms with E-state index in [1.807, 2.05) is 4.90 Å². The van der Waals surface area contributed by atoms with Gasteiger partial charge in [0.25, 0.3) is 0 Å². The maximum absolute atomic E-state index is 12.9. The van der Waals surface area contributed by atoms with Crippen molar-refractivity contribution in [3.63, 3.8) is 0 Å². The van der Waals surface area contributed by atoms with Crippen molar-refractivity contribution in [2.75, 3.05) is 32.7 Å². The van der Waals surface area contributed by atoms with Crippen LogP contribution < -0.4 is 0 Å². The molecule has 110 valence electrons. The lowest BCUT2D eigenvalue weighted by Gasteiger charge is -2.38. The number of aromatic nitrogens is 1. The molecule has 1 atom stereocenters. The van der Waals surface area contributed by atoms with Crippen LogP contribution in [0.2, 0.25) is 0 Å². The van der Waals surface area contributed by atoms with Crippen LogP contribution in [0.5, 0.6) is 0 Å². The molecule has 1 unspecified atom stereocenters. The molecule has 0 aromatic carbocycles. The maximum atomic E-state index is 12.9. The number of pyridine rings is 1. The first-order chi connectivity index (χ1) is 9.60. The highest BCUT2D eigenvalue weighted by Gasteiger charge is 2.25. The quantitative estimate of drug-likeness (QED) is 0.883. The van der Waals surface area contributed by atoms with E-state index < -0.39 is 5.97 Å². The van der Waals surface area contributed by atoms with Crippen molar-refractivity contribution in [3.05, 3.63) is 29.8 Å². The van der Waals surface area contributed by atoms with Crippen molar-refractivity contribution < 1.29 is 14.3 Å². The van der Waals surface area contributed by atoms with Gasteiger partial charge in [0.15, 0.2) is 0 Å². The van der Waals surface area contributed by atoms with E-state index in [2.05, 4.69) is 16.8 Å². The zero-order chi connectivity index (χ0) is 14.5. The lowest BCUT2D eigenvalue weighted by atomic mass is 10.1. The van der Waals surface area contributed by atoms with Crippen molar-refractivity contribution in [2.24, 2.45) is 0 Å². The summed E-state index contributed by atoms with van der Waals surface area (Å²) in [7, 11) is 0. The van der Waals surface area contributed by atoms with Gasteiger partial charge in [-0.1, -0.05) is 6.92 Å². The summed E-state index contributed by atoms with van der Waals surface area (Å²) < 4.78 is 12.9.